The number of hydrogen-bond acceptors (Lipinski definition) is 5. The Morgan fingerprint density at radius 3 is 2.65 bits per heavy atom. The Morgan fingerprint density at radius 1 is 1.06 bits per heavy atom. The fraction of sp³-hybridized carbons (Fsp3) is 0.304. The van der Waals surface area contributed by atoms with Crippen molar-refractivity contribution in [2.45, 2.75) is 31.8 Å². The lowest BCUT2D eigenvalue weighted by atomic mass is 10.1. The molecule has 0 radical (unpaired) electrons. The maximum Gasteiger partial charge on any atom is 0.267 e. The highest BCUT2D eigenvalue weighted by Gasteiger charge is 2.22. The van der Waals surface area contributed by atoms with Crippen LogP contribution in [0.15, 0.2) is 52.4 Å². The molecule has 0 atom stereocenters. The van der Waals surface area contributed by atoms with Crippen molar-refractivity contribution in [1.82, 2.24) is 24.1 Å². The molecule has 0 unspecified atom stereocenters. The van der Waals surface area contributed by atoms with Crippen molar-refractivity contribution in [2.75, 3.05) is 18.8 Å². The molecular weight excluding hydrogens is 410 g/mol. The van der Waals surface area contributed by atoms with Crippen LogP contribution in [0.25, 0.3) is 22.4 Å². The Labute approximate surface area is 183 Å². The monoisotopic (exact) mass is 433 g/mol. The van der Waals surface area contributed by atoms with Gasteiger partial charge in [0.25, 0.3) is 5.56 Å². The number of benzene rings is 2. The molecule has 31 heavy (non-hydrogen) atoms. The summed E-state index contributed by atoms with van der Waals surface area (Å²) in [7, 11) is 0. The number of para-hydroxylation sites is 1. The van der Waals surface area contributed by atoms with Gasteiger partial charge in [-0.15, -0.1) is 10.2 Å². The summed E-state index contributed by atoms with van der Waals surface area (Å²) in [5, 5.41) is 9.95. The van der Waals surface area contributed by atoms with E-state index in [-0.39, 0.29) is 11.5 Å². The van der Waals surface area contributed by atoms with Crippen LogP contribution in [0.4, 0.5) is 0 Å². The zero-order valence-electron chi connectivity index (χ0n) is 17.5. The number of nitrogens with zero attached hydrogens (tertiary/aromatic N) is 5. The van der Waals surface area contributed by atoms with Crippen LogP contribution in [0.2, 0.25) is 0 Å². The first-order chi connectivity index (χ1) is 15.0. The molecule has 0 N–H and O–H groups in total. The summed E-state index contributed by atoms with van der Waals surface area (Å²) in [6.07, 6.45) is 2.13. The molecular formula is C23H23N5O2S. The van der Waals surface area contributed by atoms with Gasteiger partial charge in [-0.05, 0) is 56.0 Å². The standard InChI is InChI=1S/C23H23N5O2S/c1-15-9-10-16(2)19(13-15)27-21(30)17-7-3-4-8-18(17)28-22(27)24-25-23(28)31-14-20(29)26-11-5-6-12-26/h3-4,7-10,13H,5-6,11-12,14H2,1-2H3. The zero-order chi connectivity index (χ0) is 21.5. The Morgan fingerprint density at radius 2 is 1.84 bits per heavy atom. The molecule has 1 aliphatic heterocycles. The molecule has 1 amide bonds. The van der Waals surface area contributed by atoms with Gasteiger partial charge in [-0.3, -0.25) is 14.0 Å². The van der Waals surface area contributed by atoms with Gasteiger partial charge in [-0.2, -0.15) is 0 Å². The summed E-state index contributed by atoms with van der Waals surface area (Å²) in [6, 6.07) is 13.5. The topological polar surface area (TPSA) is 72.5 Å². The second-order valence-electron chi connectivity index (χ2n) is 7.94. The van der Waals surface area contributed by atoms with E-state index in [0.29, 0.717) is 22.1 Å². The van der Waals surface area contributed by atoms with E-state index in [2.05, 4.69) is 10.2 Å². The number of fused-ring (bicyclic) bond motifs is 3. The quantitative estimate of drug-likeness (QED) is 0.462. The summed E-state index contributed by atoms with van der Waals surface area (Å²) in [5.41, 5.74) is 3.44. The molecule has 0 spiro atoms. The van der Waals surface area contributed by atoms with E-state index < -0.39 is 0 Å². The summed E-state index contributed by atoms with van der Waals surface area (Å²) in [4.78, 5) is 27.9. The van der Waals surface area contributed by atoms with Crippen LogP contribution in [0.5, 0.6) is 0 Å². The number of carbonyl (C=O) groups excluding carboxylic acids is 1. The molecule has 1 saturated heterocycles. The molecule has 4 aromatic rings. The minimum Gasteiger partial charge on any atom is -0.342 e. The second-order valence-corrected chi connectivity index (χ2v) is 8.88. The van der Waals surface area contributed by atoms with Crippen LogP contribution in [0.3, 0.4) is 0 Å². The summed E-state index contributed by atoms with van der Waals surface area (Å²) >= 11 is 1.37. The van der Waals surface area contributed by atoms with Crippen molar-refractivity contribution in [1.29, 1.82) is 0 Å². The van der Waals surface area contributed by atoms with Gasteiger partial charge in [0.2, 0.25) is 11.7 Å². The fourth-order valence-corrected chi connectivity index (χ4v) is 4.98. The zero-order valence-corrected chi connectivity index (χ0v) is 18.4. The van der Waals surface area contributed by atoms with Gasteiger partial charge in [-0.25, -0.2) is 4.57 Å². The predicted octanol–water partition coefficient (Wildman–Crippen LogP) is 3.36. The molecule has 7 nitrogen and oxygen atoms in total. The van der Waals surface area contributed by atoms with Crippen LogP contribution < -0.4 is 5.56 Å². The molecule has 0 saturated carbocycles. The van der Waals surface area contributed by atoms with Crippen molar-refractivity contribution >= 4 is 34.3 Å². The van der Waals surface area contributed by atoms with E-state index in [0.717, 1.165) is 48.3 Å². The third kappa shape index (κ3) is 3.40. The van der Waals surface area contributed by atoms with Gasteiger partial charge in [0.15, 0.2) is 5.16 Å². The fourth-order valence-electron chi connectivity index (χ4n) is 4.13. The lowest BCUT2D eigenvalue weighted by Crippen LogP contribution is -2.29. The van der Waals surface area contributed by atoms with Crippen LogP contribution in [0, 0.1) is 13.8 Å². The summed E-state index contributed by atoms with van der Waals surface area (Å²) in [5.74, 6) is 0.873. The van der Waals surface area contributed by atoms with E-state index in [1.807, 2.05) is 65.6 Å². The third-order valence-electron chi connectivity index (χ3n) is 5.78. The van der Waals surface area contributed by atoms with Gasteiger partial charge >= 0.3 is 0 Å². The Balaban J connectivity index is 1.68. The first-order valence-electron chi connectivity index (χ1n) is 10.4. The van der Waals surface area contributed by atoms with Crippen molar-refractivity contribution in [3.05, 3.63) is 63.9 Å². The Bertz CT molecular complexity index is 1370. The van der Waals surface area contributed by atoms with Crippen molar-refractivity contribution < 1.29 is 4.79 Å². The van der Waals surface area contributed by atoms with E-state index in [1.165, 1.54) is 11.8 Å². The lowest BCUT2D eigenvalue weighted by molar-refractivity contribution is -0.127. The maximum absolute atomic E-state index is 13.5. The normalized spacial score (nSPS) is 14.1. The molecule has 5 rings (SSSR count). The molecule has 158 valence electrons. The number of hydrogen-bond donors (Lipinski definition) is 0. The second kappa shape index (κ2) is 7.85. The summed E-state index contributed by atoms with van der Waals surface area (Å²) < 4.78 is 3.52. The number of carbonyl (C=O) groups is 1. The number of thioether (sulfide) groups is 1. The molecule has 2 aromatic heterocycles. The average Bonchev–Trinajstić information content (AvgIpc) is 3.45. The van der Waals surface area contributed by atoms with Crippen LogP contribution in [0.1, 0.15) is 24.0 Å². The van der Waals surface area contributed by atoms with E-state index >= 15 is 0 Å². The molecule has 0 aliphatic carbocycles. The number of rotatable bonds is 4. The molecule has 1 fully saturated rings. The number of aryl methyl sites for hydroxylation is 2. The largest absolute Gasteiger partial charge is 0.342 e. The minimum absolute atomic E-state index is 0.117. The highest BCUT2D eigenvalue weighted by atomic mass is 32.2. The average molecular weight is 434 g/mol. The van der Waals surface area contributed by atoms with E-state index in [4.69, 9.17) is 0 Å². The number of aromatic nitrogens is 4. The van der Waals surface area contributed by atoms with Crippen molar-refractivity contribution in [3.63, 3.8) is 0 Å². The molecule has 8 heteroatoms. The van der Waals surface area contributed by atoms with Crippen molar-refractivity contribution in [2.24, 2.45) is 0 Å². The van der Waals surface area contributed by atoms with Crippen LogP contribution in [-0.2, 0) is 4.79 Å². The maximum atomic E-state index is 13.5. The Hall–Kier alpha value is -3.13. The first-order valence-corrected chi connectivity index (χ1v) is 11.4. The van der Waals surface area contributed by atoms with Gasteiger partial charge < -0.3 is 4.90 Å². The van der Waals surface area contributed by atoms with Gasteiger partial charge in [0, 0.05) is 13.1 Å². The molecule has 2 aromatic carbocycles. The van der Waals surface area contributed by atoms with Gasteiger partial charge in [-0.1, -0.05) is 36.0 Å². The van der Waals surface area contributed by atoms with Gasteiger partial charge in [0.05, 0.1) is 22.3 Å². The molecule has 0 bridgehead atoms. The molecule has 1 aliphatic rings. The Kier molecular flexibility index (Phi) is 5.02. The van der Waals surface area contributed by atoms with Crippen LogP contribution in [-0.4, -0.2) is 48.8 Å². The minimum atomic E-state index is -0.131. The number of amides is 1. The highest BCUT2D eigenvalue weighted by Crippen LogP contribution is 2.25. The van der Waals surface area contributed by atoms with Crippen LogP contribution >= 0.6 is 11.8 Å². The number of likely N-dealkylation sites (tertiary alicyclic amines) is 1. The molecule has 3 heterocycles. The lowest BCUT2D eigenvalue weighted by Gasteiger charge is -2.15. The van der Waals surface area contributed by atoms with E-state index in [9.17, 15) is 9.59 Å². The van der Waals surface area contributed by atoms with E-state index in [1.54, 1.807) is 4.57 Å². The third-order valence-corrected chi connectivity index (χ3v) is 6.70. The summed E-state index contributed by atoms with van der Waals surface area (Å²) in [6.45, 7) is 5.64. The van der Waals surface area contributed by atoms with Crippen molar-refractivity contribution in [3.8, 4) is 5.69 Å². The van der Waals surface area contributed by atoms with Gasteiger partial charge in [0.1, 0.15) is 0 Å². The smallest absolute Gasteiger partial charge is 0.267 e. The highest BCUT2D eigenvalue weighted by molar-refractivity contribution is 7.99. The first kappa shape index (κ1) is 19.8. The predicted molar refractivity (Wildman–Crippen MR) is 122 cm³/mol. The SMILES string of the molecule is Cc1ccc(C)c(-n2c(=O)c3ccccc3n3c(SCC(=O)N4CCCC4)nnc23)c1.